The number of hydrogen-bond donors (Lipinski definition) is 3. The number of guanidine groups is 1. The number of benzene rings is 1. The van der Waals surface area contributed by atoms with Crippen LogP contribution in [0.15, 0.2) is 29.4 Å². The second-order valence-electron chi connectivity index (χ2n) is 7.06. The summed E-state index contributed by atoms with van der Waals surface area (Å²) in [5.41, 5.74) is 2.78. The molecule has 1 aromatic carbocycles. The van der Waals surface area contributed by atoms with E-state index in [9.17, 15) is 8.78 Å². The van der Waals surface area contributed by atoms with E-state index < -0.39 is 11.6 Å². The zero-order valence-electron chi connectivity index (χ0n) is 16.4. The van der Waals surface area contributed by atoms with Gasteiger partial charge in [0.2, 0.25) is 0 Å². The molecule has 0 radical (unpaired) electrons. The summed E-state index contributed by atoms with van der Waals surface area (Å²) in [5.74, 6) is -0.295. The van der Waals surface area contributed by atoms with Gasteiger partial charge in [-0.15, -0.1) is 0 Å². The first-order valence-electron chi connectivity index (χ1n) is 9.80. The number of hydrogen-bond acceptors (Lipinski definition) is 3. The number of aromatic nitrogens is 2. The summed E-state index contributed by atoms with van der Waals surface area (Å²) in [6, 6.07) is 3.90. The third kappa shape index (κ3) is 5.21. The first-order chi connectivity index (χ1) is 13.6. The van der Waals surface area contributed by atoms with Crippen LogP contribution in [-0.4, -0.2) is 48.4 Å². The molecule has 1 fully saturated rings. The van der Waals surface area contributed by atoms with Crippen LogP contribution in [0.3, 0.4) is 0 Å². The Balaban J connectivity index is 1.51. The lowest BCUT2D eigenvalue weighted by Gasteiger charge is -2.21. The van der Waals surface area contributed by atoms with Gasteiger partial charge in [-0.1, -0.05) is 0 Å². The van der Waals surface area contributed by atoms with Gasteiger partial charge in [-0.3, -0.25) is 10.1 Å². The Labute approximate surface area is 164 Å². The Morgan fingerprint density at radius 1 is 1.39 bits per heavy atom. The monoisotopic (exact) mass is 390 g/mol. The summed E-state index contributed by atoms with van der Waals surface area (Å²) in [6.07, 6.45) is 4.61. The topological polar surface area (TPSA) is 68.3 Å². The van der Waals surface area contributed by atoms with Gasteiger partial charge in [0, 0.05) is 44.0 Å². The quantitative estimate of drug-likeness (QED) is 0.386. The van der Waals surface area contributed by atoms with Gasteiger partial charge < -0.3 is 15.5 Å². The number of H-pyrrole nitrogens is 1. The summed E-state index contributed by atoms with van der Waals surface area (Å²) in [5, 5.41) is 13.7. The van der Waals surface area contributed by atoms with Crippen molar-refractivity contribution in [1.82, 2.24) is 20.8 Å². The molecule has 2 heterocycles. The fraction of sp³-hybridized carbons (Fsp3) is 0.500. The van der Waals surface area contributed by atoms with Crippen LogP contribution in [-0.2, 0) is 6.42 Å². The van der Waals surface area contributed by atoms with Crippen LogP contribution in [0.1, 0.15) is 31.0 Å². The van der Waals surface area contributed by atoms with Crippen LogP contribution < -0.4 is 15.5 Å². The van der Waals surface area contributed by atoms with E-state index >= 15 is 0 Å². The summed E-state index contributed by atoms with van der Waals surface area (Å²) in [7, 11) is 0. The van der Waals surface area contributed by atoms with Gasteiger partial charge >= 0.3 is 0 Å². The van der Waals surface area contributed by atoms with Gasteiger partial charge in [0.25, 0.3) is 0 Å². The van der Waals surface area contributed by atoms with E-state index in [1.165, 1.54) is 17.7 Å². The van der Waals surface area contributed by atoms with Gasteiger partial charge in [0.05, 0.1) is 11.9 Å². The van der Waals surface area contributed by atoms with Crippen LogP contribution in [0.4, 0.5) is 14.5 Å². The molecule has 0 amide bonds. The zero-order chi connectivity index (χ0) is 19.9. The van der Waals surface area contributed by atoms with E-state index in [2.05, 4.69) is 25.8 Å². The van der Waals surface area contributed by atoms with E-state index in [1.54, 1.807) is 0 Å². The molecule has 2 aromatic rings. The summed E-state index contributed by atoms with van der Waals surface area (Å²) >= 11 is 0. The maximum Gasteiger partial charge on any atom is 0.191 e. The van der Waals surface area contributed by atoms with Crippen LogP contribution in [0.25, 0.3) is 0 Å². The van der Waals surface area contributed by atoms with Gasteiger partial charge in [-0.2, -0.15) is 5.10 Å². The van der Waals surface area contributed by atoms with E-state index in [4.69, 9.17) is 0 Å². The predicted octanol–water partition coefficient (Wildman–Crippen LogP) is 2.76. The standard InChI is InChI=1S/C20H28F2N6/c1-3-23-20(24-9-4-5-15-12-25-27-14(15)2)26-17-8-10-28(13-17)19-7-6-16(21)11-18(19)22/h6-7,11-12,17H,3-5,8-10,13H2,1-2H3,(H,25,27)(H2,23,24,26). The molecule has 1 atom stereocenters. The number of halogens is 2. The lowest BCUT2D eigenvalue weighted by atomic mass is 10.1. The lowest BCUT2D eigenvalue weighted by Crippen LogP contribution is -2.44. The zero-order valence-corrected chi connectivity index (χ0v) is 16.4. The first-order valence-corrected chi connectivity index (χ1v) is 9.80. The molecule has 0 aliphatic carbocycles. The number of aliphatic imine (C=N–C) groups is 1. The van der Waals surface area contributed by atoms with Crippen LogP contribution >= 0.6 is 0 Å². The second-order valence-corrected chi connectivity index (χ2v) is 7.06. The molecule has 8 heteroatoms. The second kappa shape index (κ2) is 9.52. The number of aromatic amines is 1. The summed E-state index contributed by atoms with van der Waals surface area (Å²) < 4.78 is 27.1. The lowest BCUT2D eigenvalue weighted by molar-refractivity contribution is 0.580. The molecule has 3 N–H and O–H groups in total. The normalized spacial score (nSPS) is 17.2. The number of nitrogens with zero attached hydrogens (tertiary/aromatic N) is 3. The van der Waals surface area contributed by atoms with E-state index in [1.807, 2.05) is 24.9 Å². The molecule has 0 spiro atoms. The number of nitrogens with one attached hydrogen (secondary N) is 3. The average Bonchev–Trinajstić information content (AvgIpc) is 3.28. The molecule has 28 heavy (non-hydrogen) atoms. The third-order valence-corrected chi connectivity index (χ3v) is 4.93. The molecule has 1 saturated heterocycles. The SMILES string of the molecule is CCNC(=NCCCc1cn[nH]c1C)NC1CCN(c2ccc(F)cc2F)C1. The summed E-state index contributed by atoms with van der Waals surface area (Å²) in [4.78, 5) is 6.60. The van der Waals surface area contributed by atoms with Crippen molar-refractivity contribution in [3.8, 4) is 0 Å². The van der Waals surface area contributed by atoms with Crippen LogP contribution in [0, 0.1) is 18.6 Å². The van der Waals surface area contributed by atoms with Crippen molar-refractivity contribution in [2.24, 2.45) is 4.99 Å². The van der Waals surface area contributed by atoms with Crippen molar-refractivity contribution in [2.45, 2.75) is 39.2 Å². The van der Waals surface area contributed by atoms with Gasteiger partial charge in [-0.05, 0) is 50.8 Å². The van der Waals surface area contributed by atoms with Crippen molar-refractivity contribution in [1.29, 1.82) is 0 Å². The Morgan fingerprint density at radius 2 is 2.25 bits per heavy atom. The van der Waals surface area contributed by atoms with Gasteiger partial charge in [-0.25, -0.2) is 8.78 Å². The highest BCUT2D eigenvalue weighted by molar-refractivity contribution is 5.80. The molecular formula is C20H28F2N6. The highest BCUT2D eigenvalue weighted by Gasteiger charge is 2.25. The predicted molar refractivity (Wildman–Crippen MR) is 108 cm³/mol. The maximum absolute atomic E-state index is 14.0. The Bertz CT molecular complexity index is 804. The maximum atomic E-state index is 14.0. The molecule has 0 bridgehead atoms. The minimum atomic E-state index is -0.553. The van der Waals surface area contributed by atoms with E-state index in [0.717, 1.165) is 50.1 Å². The fourth-order valence-corrected chi connectivity index (χ4v) is 3.44. The van der Waals surface area contributed by atoms with Crippen molar-refractivity contribution >= 4 is 11.6 Å². The third-order valence-electron chi connectivity index (χ3n) is 4.93. The molecule has 1 unspecified atom stereocenters. The molecule has 1 aliphatic rings. The number of anilines is 1. The summed E-state index contributed by atoms with van der Waals surface area (Å²) in [6.45, 7) is 6.91. The van der Waals surface area contributed by atoms with E-state index in [0.29, 0.717) is 18.8 Å². The number of rotatable bonds is 7. The van der Waals surface area contributed by atoms with Crippen molar-refractivity contribution in [3.05, 3.63) is 47.3 Å². The van der Waals surface area contributed by atoms with Crippen LogP contribution in [0.5, 0.6) is 0 Å². The molecule has 1 aliphatic heterocycles. The van der Waals surface area contributed by atoms with Crippen molar-refractivity contribution < 1.29 is 8.78 Å². The number of aryl methyl sites for hydroxylation is 2. The molecule has 152 valence electrons. The largest absolute Gasteiger partial charge is 0.367 e. The van der Waals surface area contributed by atoms with Crippen molar-refractivity contribution in [2.75, 3.05) is 31.1 Å². The minimum Gasteiger partial charge on any atom is -0.367 e. The van der Waals surface area contributed by atoms with Crippen LogP contribution in [0.2, 0.25) is 0 Å². The average molecular weight is 390 g/mol. The fourth-order valence-electron chi connectivity index (χ4n) is 3.44. The Morgan fingerprint density at radius 3 is 2.96 bits per heavy atom. The van der Waals surface area contributed by atoms with E-state index in [-0.39, 0.29) is 6.04 Å². The Hall–Kier alpha value is -2.64. The molecule has 3 rings (SSSR count). The highest BCUT2D eigenvalue weighted by Crippen LogP contribution is 2.24. The highest BCUT2D eigenvalue weighted by atomic mass is 19.1. The molecule has 6 nitrogen and oxygen atoms in total. The molecular weight excluding hydrogens is 362 g/mol. The van der Waals surface area contributed by atoms with Gasteiger partial charge in [0.1, 0.15) is 11.6 Å². The Kier molecular flexibility index (Phi) is 6.84. The van der Waals surface area contributed by atoms with Gasteiger partial charge in [0.15, 0.2) is 5.96 Å². The van der Waals surface area contributed by atoms with Crippen molar-refractivity contribution in [3.63, 3.8) is 0 Å². The molecule has 1 aromatic heterocycles. The minimum absolute atomic E-state index is 0.165. The molecule has 0 saturated carbocycles. The first kappa shape index (κ1) is 20.1. The smallest absolute Gasteiger partial charge is 0.191 e.